The molecule has 1 aromatic carbocycles. The van der Waals surface area contributed by atoms with Crippen LogP contribution in [0, 0.1) is 6.92 Å². The van der Waals surface area contributed by atoms with Crippen molar-refractivity contribution in [2.75, 3.05) is 7.11 Å². The van der Waals surface area contributed by atoms with Crippen LogP contribution < -0.4 is 5.32 Å². The minimum atomic E-state index is -0.618. The molecule has 0 bridgehead atoms. The van der Waals surface area contributed by atoms with Crippen LogP contribution in [0.1, 0.15) is 44.5 Å². The summed E-state index contributed by atoms with van der Waals surface area (Å²) in [6, 6.07) is 7.15. The van der Waals surface area contributed by atoms with E-state index in [4.69, 9.17) is 9.47 Å². The lowest BCUT2D eigenvalue weighted by atomic mass is 10.0. The monoisotopic (exact) mass is 376 g/mol. The molecule has 1 N–H and O–H groups in total. The number of carbonyl (C=O) groups excluding carboxylic acids is 2. The van der Waals surface area contributed by atoms with Gasteiger partial charge in [0, 0.05) is 0 Å². The molecule has 0 saturated heterocycles. The Kier molecular flexibility index (Phi) is 6.37. The fraction of sp³-hybridized carbons (Fsp3) is 0.421. The Morgan fingerprint density at radius 2 is 1.88 bits per heavy atom. The zero-order valence-corrected chi connectivity index (χ0v) is 16.5. The Labute approximate surface area is 157 Å². The number of nitrogens with zero attached hydrogens (tertiary/aromatic N) is 1. The number of hydrogen-bond donors (Lipinski definition) is 1. The molecule has 0 aliphatic rings. The molecule has 2 rings (SSSR count). The number of thiazole rings is 1. The summed E-state index contributed by atoms with van der Waals surface area (Å²) in [6.07, 6.45) is -0.553. The van der Waals surface area contributed by atoms with Crippen LogP contribution in [0.15, 0.2) is 29.8 Å². The molecule has 0 fully saturated rings. The van der Waals surface area contributed by atoms with E-state index >= 15 is 0 Å². The number of ether oxygens (including phenoxy) is 2. The number of methoxy groups -OCH3 is 1. The van der Waals surface area contributed by atoms with Crippen LogP contribution in [0.5, 0.6) is 0 Å². The molecule has 1 heterocycles. The third kappa shape index (κ3) is 5.56. The Morgan fingerprint density at radius 1 is 1.23 bits per heavy atom. The van der Waals surface area contributed by atoms with Crippen LogP contribution in [0.2, 0.25) is 0 Å². The molecule has 2 aromatic rings. The fourth-order valence-electron chi connectivity index (χ4n) is 2.40. The molecule has 1 amide bonds. The molecule has 1 atom stereocenters. The van der Waals surface area contributed by atoms with Crippen molar-refractivity contribution in [2.45, 2.75) is 45.8 Å². The second kappa shape index (κ2) is 8.31. The quantitative estimate of drug-likeness (QED) is 0.790. The summed E-state index contributed by atoms with van der Waals surface area (Å²) in [4.78, 5) is 29.2. The number of amides is 1. The van der Waals surface area contributed by atoms with Crippen molar-refractivity contribution in [2.24, 2.45) is 0 Å². The van der Waals surface area contributed by atoms with Crippen LogP contribution in [0.3, 0.4) is 0 Å². The largest absolute Gasteiger partial charge is 0.469 e. The van der Waals surface area contributed by atoms with Gasteiger partial charge >= 0.3 is 12.1 Å². The molecule has 140 valence electrons. The van der Waals surface area contributed by atoms with Gasteiger partial charge in [0.15, 0.2) is 0 Å². The Hall–Kier alpha value is -2.41. The average molecular weight is 376 g/mol. The van der Waals surface area contributed by atoms with Gasteiger partial charge in [-0.3, -0.25) is 4.79 Å². The summed E-state index contributed by atoms with van der Waals surface area (Å²) >= 11 is 1.57. The molecule has 0 aliphatic carbocycles. The minimum absolute atomic E-state index is 0.0225. The van der Waals surface area contributed by atoms with E-state index in [1.165, 1.54) is 7.11 Å². The first-order valence-corrected chi connectivity index (χ1v) is 9.14. The number of esters is 1. The highest BCUT2D eigenvalue weighted by molar-refractivity contribution is 7.13. The van der Waals surface area contributed by atoms with Gasteiger partial charge in [-0.25, -0.2) is 9.78 Å². The first-order chi connectivity index (χ1) is 12.2. The van der Waals surface area contributed by atoms with Gasteiger partial charge < -0.3 is 14.8 Å². The summed E-state index contributed by atoms with van der Waals surface area (Å²) in [5, 5.41) is 2.75. The van der Waals surface area contributed by atoms with Gasteiger partial charge in [-0.2, -0.15) is 0 Å². The molecule has 26 heavy (non-hydrogen) atoms. The van der Waals surface area contributed by atoms with Gasteiger partial charge in [-0.15, -0.1) is 11.3 Å². The molecule has 7 heteroatoms. The van der Waals surface area contributed by atoms with Crippen LogP contribution in [0.25, 0.3) is 10.4 Å². The summed E-state index contributed by atoms with van der Waals surface area (Å²) in [5.74, 6) is -0.409. The maximum atomic E-state index is 12.1. The number of hydrogen-bond acceptors (Lipinski definition) is 6. The van der Waals surface area contributed by atoms with Gasteiger partial charge in [-0.05, 0) is 38.8 Å². The number of carbonyl (C=O) groups is 2. The van der Waals surface area contributed by atoms with E-state index in [0.29, 0.717) is 0 Å². The van der Waals surface area contributed by atoms with E-state index in [9.17, 15) is 9.59 Å². The zero-order chi connectivity index (χ0) is 19.3. The normalized spacial score (nSPS) is 12.3. The number of benzene rings is 1. The summed E-state index contributed by atoms with van der Waals surface area (Å²) in [6.45, 7) is 7.32. The SMILES string of the molecule is COC(=O)C[C@H](NC(=O)OC(C)(C)C)c1ccc(-c2scnc2C)cc1. The van der Waals surface area contributed by atoms with E-state index in [1.54, 1.807) is 32.1 Å². The van der Waals surface area contributed by atoms with E-state index in [0.717, 1.165) is 21.7 Å². The van der Waals surface area contributed by atoms with Crippen molar-refractivity contribution in [3.8, 4) is 10.4 Å². The van der Waals surface area contributed by atoms with Crippen LogP contribution in [-0.2, 0) is 14.3 Å². The highest BCUT2D eigenvalue weighted by Crippen LogP contribution is 2.29. The molecule has 0 spiro atoms. The molecule has 6 nitrogen and oxygen atoms in total. The van der Waals surface area contributed by atoms with Crippen molar-refractivity contribution in [1.82, 2.24) is 10.3 Å². The van der Waals surface area contributed by atoms with Gasteiger partial charge in [-0.1, -0.05) is 24.3 Å². The van der Waals surface area contributed by atoms with Crippen molar-refractivity contribution >= 4 is 23.4 Å². The highest BCUT2D eigenvalue weighted by atomic mass is 32.1. The number of rotatable bonds is 5. The maximum Gasteiger partial charge on any atom is 0.408 e. The van der Waals surface area contributed by atoms with Crippen molar-refractivity contribution in [3.05, 3.63) is 41.0 Å². The smallest absolute Gasteiger partial charge is 0.408 e. The predicted octanol–water partition coefficient (Wildman–Crippen LogP) is 4.25. The summed E-state index contributed by atoms with van der Waals surface area (Å²) in [7, 11) is 1.32. The number of alkyl carbamates (subject to hydrolysis) is 1. The molecule has 0 radical (unpaired) electrons. The highest BCUT2D eigenvalue weighted by Gasteiger charge is 2.23. The lowest BCUT2D eigenvalue weighted by molar-refractivity contribution is -0.141. The molecule has 0 aliphatic heterocycles. The summed E-state index contributed by atoms with van der Waals surface area (Å²) in [5.41, 5.74) is 4.01. The molecule has 0 unspecified atom stereocenters. The van der Waals surface area contributed by atoms with Gasteiger partial charge in [0.2, 0.25) is 0 Å². The van der Waals surface area contributed by atoms with Crippen LogP contribution >= 0.6 is 11.3 Å². The van der Waals surface area contributed by atoms with E-state index in [-0.39, 0.29) is 6.42 Å². The first kappa shape index (κ1) is 19.9. The third-order valence-electron chi connectivity index (χ3n) is 3.61. The third-order valence-corrected chi connectivity index (χ3v) is 4.59. The van der Waals surface area contributed by atoms with Crippen molar-refractivity contribution in [3.63, 3.8) is 0 Å². The first-order valence-electron chi connectivity index (χ1n) is 8.26. The van der Waals surface area contributed by atoms with E-state index in [2.05, 4.69) is 10.3 Å². The van der Waals surface area contributed by atoms with Crippen LogP contribution in [-0.4, -0.2) is 29.8 Å². The summed E-state index contributed by atoms with van der Waals surface area (Å²) < 4.78 is 10.0. The van der Waals surface area contributed by atoms with Crippen molar-refractivity contribution in [1.29, 1.82) is 0 Å². The molecule has 0 saturated carbocycles. The predicted molar refractivity (Wildman–Crippen MR) is 101 cm³/mol. The standard InChI is InChI=1S/C19H24N2O4S/c1-12-17(26-11-20-12)14-8-6-13(7-9-14)15(10-16(22)24-5)21-18(23)25-19(2,3)4/h6-9,11,15H,10H2,1-5H3,(H,21,23)/t15-/m0/s1. The minimum Gasteiger partial charge on any atom is -0.469 e. The number of aryl methyl sites for hydroxylation is 1. The van der Waals surface area contributed by atoms with E-state index in [1.807, 2.05) is 36.7 Å². The van der Waals surface area contributed by atoms with Gasteiger partial charge in [0.1, 0.15) is 5.60 Å². The van der Waals surface area contributed by atoms with Crippen LogP contribution in [0.4, 0.5) is 4.79 Å². The maximum absolute atomic E-state index is 12.1. The average Bonchev–Trinajstić information content (AvgIpc) is 2.98. The molecular weight excluding hydrogens is 352 g/mol. The number of nitrogens with one attached hydrogen (secondary N) is 1. The van der Waals surface area contributed by atoms with Gasteiger partial charge in [0.25, 0.3) is 0 Å². The molecule has 1 aromatic heterocycles. The van der Waals surface area contributed by atoms with Gasteiger partial charge in [0.05, 0.1) is 35.7 Å². The van der Waals surface area contributed by atoms with Crippen molar-refractivity contribution < 1.29 is 19.1 Å². The Balaban J connectivity index is 2.20. The lowest BCUT2D eigenvalue weighted by Gasteiger charge is -2.23. The second-order valence-electron chi connectivity index (χ2n) is 6.87. The fourth-order valence-corrected chi connectivity index (χ4v) is 3.21. The lowest BCUT2D eigenvalue weighted by Crippen LogP contribution is -2.35. The molecular formula is C19H24N2O4S. The topological polar surface area (TPSA) is 77.5 Å². The number of aromatic nitrogens is 1. The van der Waals surface area contributed by atoms with E-state index < -0.39 is 23.7 Å². The Morgan fingerprint density at radius 3 is 2.38 bits per heavy atom. The zero-order valence-electron chi connectivity index (χ0n) is 15.7. The Bertz CT molecular complexity index is 763. The second-order valence-corrected chi connectivity index (χ2v) is 7.72.